The quantitative estimate of drug-likeness (QED) is 0.872. The van der Waals surface area contributed by atoms with Crippen LogP contribution in [0.4, 0.5) is 0 Å². The Hall–Kier alpha value is -1.52. The van der Waals surface area contributed by atoms with Crippen molar-refractivity contribution in [1.29, 1.82) is 0 Å². The predicted molar refractivity (Wildman–Crippen MR) is 87.0 cm³/mol. The third-order valence-electron chi connectivity index (χ3n) is 3.04. The minimum atomic E-state index is -0.745. The largest absolute Gasteiger partial charge is 0.497 e. The normalized spacial score (nSPS) is 12.3. The van der Waals surface area contributed by atoms with E-state index in [1.807, 2.05) is 56.3 Å². The molecule has 1 atom stereocenters. The highest BCUT2D eigenvalue weighted by molar-refractivity contribution is 9.10. The van der Waals surface area contributed by atoms with Crippen molar-refractivity contribution in [2.75, 3.05) is 7.11 Å². The van der Waals surface area contributed by atoms with Gasteiger partial charge < -0.3 is 14.6 Å². The van der Waals surface area contributed by atoms with Crippen LogP contribution in [0, 0.1) is 0 Å². The van der Waals surface area contributed by atoms with Gasteiger partial charge >= 0.3 is 0 Å². The van der Waals surface area contributed by atoms with Crippen LogP contribution >= 0.6 is 15.9 Å². The molecule has 0 aliphatic rings. The van der Waals surface area contributed by atoms with Gasteiger partial charge in [0.15, 0.2) is 0 Å². The van der Waals surface area contributed by atoms with E-state index in [1.54, 1.807) is 7.11 Å². The smallest absolute Gasteiger partial charge is 0.120 e. The van der Waals surface area contributed by atoms with Gasteiger partial charge in [-0.3, -0.25) is 0 Å². The Morgan fingerprint density at radius 3 is 2.48 bits per heavy atom. The number of rotatable bonds is 5. The molecule has 2 rings (SSSR count). The highest BCUT2D eigenvalue weighted by Crippen LogP contribution is 2.32. The number of hydrogen-bond donors (Lipinski definition) is 1. The van der Waals surface area contributed by atoms with Crippen LogP contribution in [0.1, 0.15) is 31.1 Å². The van der Waals surface area contributed by atoms with Crippen molar-refractivity contribution in [3.05, 3.63) is 58.1 Å². The molecule has 2 aromatic rings. The summed E-state index contributed by atoms with van der Waals surface area (Å²) in [5, 5.41) is 10.6. The van der Waals surface area contributed by atoms with Crippen molar-refractivity contribution >= 4 is 15.9 Å². The summed E-state index contributed by atoms with van der Waals surface area (Å²) in [6, 6.07) is 13.0. The summed E-state index contributed by atoms with van der Waals surface area (Å²) >= 11 is 3.47. The summed E-state index contributed by atoms with van der Waals surface area (Å²) in [6.45, 7) is 3.95. The lowest BCUT2D eigenvalue weighted by molar-refractivity contribution is 0.215. The van der Waals surface area contributed by atoms with E-state index in [0.29, 0.717) is 5.75 Å². The van der Waals surface area contributed by atoms with Crippen LogP contribution in [0.2, 0.25) is 0 Å². The molecule has 0 aliphatic heterocycles. The second-order valence-electron chi connectivity index (χ2n) is 5.03. The average Bonchev–Trinajstić information content (AvgIpc) is 2.46. The van der Waals surface area contributed by atoms with Crippen molar-refractivity contribution in [1.82, 2.24) is 0 Å². The monoisotopic (exact) mass is 350 g/mol. The first kappa shape index (κ1) is 15.9. The van der Waals surface area contributed by atoms with Crippen molar-refractivity contribution < 1.29 is 14.6 Å². The molecule has 112 valence electrons. The van der Waals surface area contributed by atoms with Crippen molar-refractivity contribution in [2.24, 2.45) is 0 Å². The van der Waals surface area contributed by atoms with Gasteiger partial charge in [0.2, 0.25) is 0 Å². The van der Waals surface area contributed by atoms with Gasteiger partial charge in [-0.25, -0.2) is 0 Å². The maximum absolute atomic E-state index is 10.6. The molecular weight excluding hydrogens is 332 g/mol. The maximum Gasteiger partial charge on any atom is 0.120 e. The third kappa shape index (κ3) is 3.99. The van der Waals surface area contributed by atoms with Crippen LogP contribution in [-0.4, -0.2) is 18.3 Å². The topological polar surface area (TPSA) is 38.7 Å². The molecule has 0 heterocycles. The van der Waals surface area contributed by atoms with E-state index < -0.39 is 6.10 Å². The van der Waals surface area contributed by atoms with E-state index in [9.17, 15) is 5.11 Å². The van der Waals surface area contributed by atoms with E-state index in [4.69, 9.17) is 9.47 Å². The molecular formula is C17H19BrO3. The van der Waals surface area contributed by atoms with Gasteiger partial charge in [-0.2, -0.15) is 0 Å². The van der Waals surface area contributed by atoms with Gasteiger partial charge in [0, 0.05) is 10.0 Å². The fourth-order valence-corrected chi connectivity index (χ4v) is 2.53. The molecule has 1 unspecified atom stereocenters. The van der Waals surface area contributed by atoms with Crippen LogP contribution in [0.3, 0.4) is 0 Å². The molecule has 0 amide bonds. The number of methoxy groups -OCH3 is 1. The summed E-state index contributed by atoms with van der Waals surface area (Å²) in [5.41, 5.74) is 1.54. The van der Waals surface area contributed by atoms with Crippen LogP contribution in [0.15, 0.2) is 46.9 Å². The van der Waals surface area contributed by atoms with Gasteiger partial charge in [-0.05, 0) is 49.7 Å². The molecule has 0 aromatic heterocycles. The molecule has 1 N–H and O–H groups in total. The molecule has 21 heavy (non-hydrogen) atoms. The summed E-state index contributed by atoms with van der Waals surface area (Å²) in [6.07, 6.45) is -0.647. The highest BCUT2D eigenvalue weighted by Gasteiger charge is 2.15. The minimum absolute atomic E-state index is 0.0981. The van der Waals surface area contributed by atoms with Crippen LogP contribution in [0.5, 0.6) is 11.5 Å². The molecule has 4 heteroatoms. The van der Waals surface area contributed by atoms with Crippen LogP contribution < -0.4 is 9.47 Å². The molecule has 2 aromatic carbocycles. The summed E-state index contributed by atoms with van der Waals surface area (Å²) in [7, 11) is 1.61. The van der Waals surface area contributed by atoms with Crippen molar-refractivity contribution in [3.8, 4) is 11.5 Å². The average molecular weight is 351 g/mol. The van der Waals surface area contributed by atoms with E-state index in [0.717, 1.165) is 21.3 Å². The second-order valence-corrected chi connectivity index (χ2v) is 5.88. The van der Waals surface area contributed by atoms with Crippen molar-refractivity contribution in [2.45, 2.75) is 26.1 Å². The second kappa shape index (κ2) is 6.96. The van der Waals surface area contributed by atoms with E-state index in [1.165, 1.54) is 0 Å². The van der Waals surface area contributed by atoms with Crippen LogP contribution in [0.25, 0.3) is 0 Å². The Morgan fingerprint density at radius 1 is 1.05 bits per heavy atom. The summed E-state index contributed by atoms with van der Waals surface area (Å²) in [5.74, 6) is 1.46. The van der Waals surface area contributed by atoms with Gasteiger partial charge in [0.25, 0.3) is 0 Å². The molecule has 0 radical (unpaired) electrons. The zero-order valence-electron chi connectivity index (χ0n) is 12.3. The van der Waals surface area contributed by atoms with Crippen LogP contribution in [-0.2, 0) is 0 Å². The lowest BCUT2D eigenvalue weighted by atomic mass is 10.0. The predicted octanol–water partition coefficient (Wildman–Crippen LogP) is 4.33. The number of ether oxygens (including phenoxy) is 2. The van der Waals surface area contributed by atoms with E-state index in [-0.39, 0.29) is 6.10 Å². The van der Waals surface area contributed by atoms with E-state index >= 15 is 0 Å². The zero-order chi connectivity index (χ0) is 15.4. The first-order chi connectivity index (χ1) is 10.0. The Kier molecular flexibility index (Phi) is 5.26. The number of hydrogen-bond acceptors (Lipinski definition) is 3. The maximum atomic E-state index is 10.6. The zero-order valence-corrected chi connectivity index (χ0v) is 13.9. The van der Waals surface area contributed by atoms with Gasteiger partial charge in [0.05, 0.1) is 13.2 Å². The van der Waals surface area contributed by atoms with Gasteiger partial charge in [-0.15, -0.1) is 0 Å². The van der Waals surface area contributed by atoms with Gasteiger partial charge in [0.1, 0.15) is 17.6 Å². The first-order valence-corrected chi connectivity index (χ1v) is 7.58. The Bertz CT molecular complexity index is 611. The third-order valence-corrected chi connectivity index (χ3v) is 3.77. The lowest BCUT2D eigenvalue weighted by Gasteiger charge is -2.16. The molecule has 3 nitrogen and oxygen atoms in total. The standard InChI is InChI=1S/C17H19BrO3/c1-11(2)21-14-6-4-5-12(9-14)17(19)15-10-13(20-3)7-8-16(15)18/h4-11,17,19H,1-3H3. The molecule has 0 saturated heterocycles. The fraction of sp³-hybridized carbons (Fsp3) is 0.294. The molecule has 0 fully saturated rings. The molecule has 0 spiro atoms. The fourth-order valence-electron chi connectivity index (χ4n) is 2.07. The molecule has 0 bridgehead atoms. The van der Waals surface area contributed by atoms with Crippen molar-refractivity contribution in [3.63, 3.8) is 0 Å². The lowest BCUT2D eigenvalue weighted by Crippen LogP contribution is -2.07. The summed E-state index contributed by atoms with van der Waals surface area (Å²) < 4.78 is 11.7. The Balaban J connectivity index is 2.33. The SMILES string of the molecule is COc1ccc(Br)c(C(O)c2cccc(OC(C)C)c2)c1. The number of aliphatic hydroxyl groups excluding tert-OH is 1. The van der Waals surface area contributed by atoms with E-state index in [2.05, 4.69) is 15.9 Å². The Labute approximate surface area is 133 Å². The molecule has 0 aliphatic carbocycles. The summed E-state index contributed by atoms with van der Waals surface area (Å²) in [4.78, 5) is 0. The van der Waals surface area contributed by atoms with Gasteiger partial charge in [-0.1, -0.05) is 28.1 Å². The number of halogens is 1. The minimum Gasteiger partial charge on any atom is -0.497 e. The highest BCUT2D eigenvalue weighted by atomic mass is 79.9. The first-order valence-electron chi connectivity index (χ1n) is 6.79. The number of benzene rings is 2. The Morgan fingerprint density at radius 2 is 1.81 bits per heavy atom. The molecule has 0 saturated carbocycles. The number of aliphatic hydroxyl groups is 1.